The zero-order chi connectivity index (χ0) is 20.2. The highest BCUT2D eigenvalue weighted by molar-refractivity contribution is 5.78. The van der Waals surface area contributed by atoms with Crippen LogP contribution < -0.4 is 9.47 Å². The molecule has 154 valence electrons. The average molecular weight is 398 g/mol. The molecule has 2 aromatic rings. The molecular weight excluding hydrogens is 371 g/mol. The summed E-state index contributed by atoms with van der Waals surface area (Å²) in [6.07, 6.45) is 2.07. The van der Waals surface area contributed by atoms with Gasteiger partial charge in [0.2, 0.25) is 5.91 Å². The van der Waals surface area contributed by atoms with Crippen LogP contribution in [0.2, 0.25) is 0 Å². The number of fused-ring (bicyclic) bond motifs is 1. The van der Waals surface area contributed by atoms with Gasteiger partial charge in [-0.05, 0) is 61.7 Å². The molecule has 5 nitrogen and oxygen atoms in total. The molecule has 0 saturated carbocycles. The van der Waals surface area contributed by atoms with Gasteiger partial charge >= 0.3 is 0 Å². The highest BCUT2D eigenvalue weighted by Gasteiger charge is 2.30. The number of halogens is 1. The maximum Gasteiger partial charge on any atom is 0.237 e. The summed E-state index contributed by atoms with van der Waals surface area (Å²) in [6.45, 7) is 5.38. The van der Waals surface area contributed by atoms with Gasteiger partial charge in [0.1, 0.15) is 19.0 Å². The van der Waals surface area contributed by atoms with Crippen LogP contribution in [-0.4, -0.2) is 48.6 Å². The summed E-state index contributed by atoms with van der Waals surface area (Å²) in [5, 5.41) is 0. The van der Waals surface area contributed by atoms with E-state index < -0.39 is 0 Å². The Kier molecular flexibility index (Phi) is 6.00. The SMILES string of the molecule is CCN(Cc1cccc(F)c1)C(=O)CN1CCCC1c1ccc2c(c1)OCCO2. The van der Waals surface area contributed by atoms with E-state index in [-0.39, 0.29) is 17.8 Å². The van der Waals surface area contributed by atoms with Crippen molar-refractivity contribution < 1.29 is 18.7 Å². The number of carbonyl (C=O) groups excluding carboxylic acids is 1. The first kappa shape index (κ1) is 19.7. The Balaban J connectivity index is 1.44. The van der Waals surface area contributed by atoms with Crippen molar-refractivity contribution in [2.45, 2.75) is 32.4 Å². The second-order valence-corrected chi connectivity index (χ2v) is 7.57. The van der Waals surface area contributed by atoms with E-state index in [9.17, 15) is 9.18 Å². The lowest BCUT2D eigenvalue weighted by Gasteiger charge is -2.29. The molecule has 0 radical (unpaired) electrons. The fourth-order valence-corrected chi connectivity index (χ4v) is 4.17. The molecule has 29 heavy (non-hydrogen) atoms. The number of likely N-dealkylation sites (tertiary alicyclic amines) is 1. The van der Waals surface area contributed by atoms with Crippen LogP contribution in [0.15, 0.2) is 42.5 Å². The van der Waals surface area contributed by atoms with Crippen LogP contribution in [0.1, 0.15) is 36.9 Å². The minimum absolute atomic E-state index is 0.0706. The van der Waals surface area contributed by atoms with Crippen LogP contribution in [0.3, 0.4) is 0 Å². The van der Waals surface area contributed by atoms with Gasteiger partial charge in [-0.1, -0.05) is 18.2 Å². The third kappa shape index (κ3) is 4.53. The fourth-order valence-electron chi connectivity index (χ4n) is 4.17. The number of nitrogens with zero attached hydrogens (tertiary/aromatic N) is 2. The van der Waals surface area contributed by atoms with Crippen molar-refractivity contribution in [3.8, 4) is 11.5 Å². The van der Waals surface area contributed by atoms with Gasteiger partial charge in [0.15, 0.2) is 11.5 Å². The van der Waals surface area contributed by atoms with Crippen molar-refractivity contribution >= 4 is 5.91 Å². The molecule has 0 aliphatic carbocycles. The topological polar surface area (TPSA) is 42.0 Å². The molecule has 1 atom stereocenters. The summed E-state index contributed by atoms with van der Waals surface area (Å²) in [4.78, 5) is 17.0. The number of carbonyl (C=O) groups is 1. The van der Waals surface area contributed by atoms with E-state index in [1.165, 1.54) is 12.1 Å². The third-order valence-corrected chi connectivity index (χ3v) is 5.65. The lowest BCUT2D eigenvalue weighted by molar-refractivity contribution is -0.133. The van der Waals surface area contributed by atoms with Crippen LogP contribution in [0, 0.1) is 5.82 Å². The lowest BCUT2D eigenvalue weighted by atomic mass is 10.0. The van der Waals surface area contributed by atoms with Crippen LogP contribution in [-0.2, 0) is 11.3 Å². The maximum atomic E-state index is 13.5. The summed E-state index contributed by atoms with van der Waals surface area (Å²) in [7, 11) is 0. The Bertz CT molecular complexity index is 873. The Hall–Kier alpha value is -2.60. The van der Waals surface area contributed by atoms with Crippen LogP contribution >= 0.6 is 0 Å². The number of hydrogen-bond donors (Lipinski definition) is 0. The summed E-state index contributed by atoms with van der Waals surface area (Å²) in [6, 6.07) is 12.7. The highest BCUT2D eigenvalue weighted by atomic mass is 19.1. The maximum absolute atomic E-state index is 13.5. The predicted molar refractivity (Wildman–Crippen MR) is 108 cm³/mol. The summed E-state index contributed by atoms with van der Waals surface area (Å²) >= 11 is 0. The second-order valence-electron chi connectivity index (χ2n) is 7.57. The van der Waals surface area contributed by atoms with Crippen molar-refractivity contribution in [2.24, 2.45) is 0 Å². The monoisotopic (exact) mass is 398 g/mol. The smallest absolute Gasteiger partial charge is 0.237 e. The molecule has 0 spiro atoms. The molecule has 2 heterocycles. The Morgan fingerprint density at radius 3 is 2.79 bits per heavy atom. The zero-order valence-electron chi connectivity index (χ0n) is 16.8. The van der Waals surface area contributed by atoms with Gasteiger partial charge in [0.25, 0.3) is 0 Å². The van der Waals surface area contributed by atoms with Crippen molar-refractivity contribution in [1.82, 2.24) is 9.80 Å². The van der Waals surface area contributed by atoms with Crippen molar-refractivity contribution in [3.05, 3.63) is 59.4 Å². The minimum Gasteiger partial charge on any atom is -0.486 e. The molecule has 4 rings (SSSR count). The Morgan fingerprint density at radius 1 is 1.17 bits per heavy atom. The molecule has 0 bridgehead atoms. The molecule has 1 saturated heterocycles. The van der Waals surface area contributed by atoms with E-state index in [4.69, 9.17) is 9.47 Å². The third-order valence-electron chi connectivity index (χ3n) is 5.65. The molecule has 2 aliphatic rings. The summed E-state index contributed by atoms with van der Waals surface area (Å²) < 4.78 is 24.8. The first-order chi connectivity index (χ1) is 14.1. The first-order valence-electron chi connectivity index (χ1n) is 10.3. The number of amides is 1. The predicted octanol–water partition coefficient (Wildman–Crippen LogP) is 3.78. The minimum atomic E-state index is -0.274. The van der Waals surface area contributed by atoms with Gasteiger partial charge < -0.3 is 14.4 Å². The number of rotatable bonds is 6. The summed E-state index contributed by atoms with van der Waals surface area (Å²) in [5.74, 6) is 1.37. The van der Waals surface area contributed by atoms with Crippen molar-refractivity contribution in [1.29, 1.82) is 0 Å². The van der Waals surface area contributed by atoms with E-state index in [1.807, 2.05) is 25.1 Å². The Morgan fingerprint density at radius 2 is 2.00 bits per heavy atom. The number of benzene rings is 2. The molecule has 1 amide bonds. The summed E-state index contributed by atoms with van der Waals surface area (Å²) in [5.41, 5.74) is 1.97. The van der Waals surface area contributed by atoms with Gasteiger partial charge in [0.05, 0.1) is 6.54 Å². The molecule has 1 fully saturated rings. The molecule has 2 aliphatic heterocycles. The first-order valence-corrected chi connectivity index (χ1v) is 10.3. The number of hydrogen-bond acceptors (Lipinski definition) is 4. The van der Waals surface area contributed by atoms with Gasteiger partial charge in [0, 0.05) is 19.1 Å². The second kappa shape index (κ2) is 8.82. The van der Waals surface area contributed by atoms with E-state index in [0.29, 0.717) is 32.8 Å². The van der Waals surface area contributed by atoms with E-state index >= 15 is 0 Å². The molecular formula is C23H27FN2O3. The number of likely N-dealkylation sites (N-methyl/N-ethyl adjacent to an activating group) is 1. The lowest BCUT2D eigenvalue weighted by Crippen LogP contribution is -2.39. The number of ether oxygens (including phenoxy) is 2. The molecule has 1 unspecified atom stereocenters. The van der Waals surface area contributed by atoms with Gasteiger partial charge in [-0.25, -0.2) is 4.39 Å². The van der Waals surface area contributed by atoms with Crippen molar-refractivity contribution in [2.75, 3.05) is 32.8 Å². The Labute approximate surface area is 171 Å². The van der Waals surface area contributed by atoms with E-state index in [0.717, 1.165) is 42.0 Å². The van der Waals surface area contributed by atoms with Gasteiger partial charge in [-0.15, -0.1) is 0 Å². The van der Waals surface area contributed by atoms with Gasteiger partial charge in [-0.3, -0.25) is 9.69 Å². The van der Waals surface area contributed by atoms with Crippen LogP contribution in [0.4, 0.5) is 4.39 Å². The molecule has 0 N–H and O–H groups in total. The highest BCUT2D eigenvalue weighted by Crippen LogP contribution is 2.38. The standard InChI is InChI=1S/C23H27FN2O3/c1-2-25(15-17-5-3-6-19(24)13-17)23(27)16-26-10-4-7-20(26)18-8-9-21-22(14-18)29-12-11-28-21/h3,5-6,8-9,13-14,20H,2,4,7,10-12,15-16H2,1H3. The van der Waals surface area contributed by atoms with Crippen LogP contribution in [0.5, 0.6) is 11.5 Å². The molecule has 6 heteroatoms. The largest absolute Gasteiger partial charge is 0.486 e. The van der Waals surface area contributed by atoms with E-state index in [2.05, 4.69) is 11.0 Å². The van der Waals surface area contributed by atoms with Crippen LogP contribution in [0.25, 0.3) is 0 Å². The van der Waals surface area contributed by atoms with E-state index in [1.54, 1.807) is 11.0 Å². The zero-order valence-corrected chi connectivity index (χ0v) is 16.8. The normalized spacial score (nSPS) is 18.6. The quantitative estimate of drug-likeness (QED) is 0.743. The molecule has 0 aromatic heterocycles. The average Bonchev–Trinajstić information content (AvgIpc) is 3.19. The molecule has 2 aromatic carbocycles. The fraction of sp³-hybridized carbons (Fsp3) is 0.435. The van der Waals surface area contributed by atoms with Gasteiger partial charge in [-0.2, -0.15) is 0 Å². The van der Waals surface area contributed by atoms with Crippen molar-refractivity contribution in [3.63, 3.8) is 0 Å².